The lowest BCUT2D eigenvalue weighted by Gasteiger charge is -2.11. The van der Waals surface area contributed by atoms with Gasteiger partial charge in [0.25, 0.3) is 0 Å². The molecule has 2 rings (SSSR count). The van der Waals surface area contributed by atoms with E-state index in [1.165, 1.54) is 12.1 Å². The molecule has 0 bridgehead atoms. The second kappa shape index (κ2) is 4.12. The average Bonchev–Trinajstić information content (AvgIpc) is 2.56. The van der Waals surface area contributed by atoms with E-state index < -0.39 is 0 Å². The van der Waals surface area contributed by atoms with E-state index in [-0.39, 0.29) is 17.7 Å². The van der Waals surface area contributed by atoms with Gasteiger partial charge in [0.15, 0.2) is 0 Å². The highest BCUT2D eigenvalue weighted by molar-refractivity contribution is 5.84. The van der Waals surface area contributed by atoms with Crippen LogP contribution in [0.25, 0.3) is 0 Å². The van der Waals surface area contributed by atoms with Gasteiger partial charge in [-0.2, -0.15) is 0 Å². The standard InChI is InChI=1S/C12H14FNO2/c1-3-16-12(15)10-7-14(2)11-5-4-8(13)6-9(10)11/h4-6,10H,3,7H2,1-2H3. The minimum absolute atomic E-state index is 0.279. The van der Waals surface area contributed by atoms with Crippen LogP contribution in [0, 0.1) is 5.82 Å². The van der Waals surface area contributed by atoms with Crippen LogP contribution >= 0.6 is 0 Å². The zero-order chi connectivity index (χ0) is 11.7. The van der Waals surface area contributed by atoms with Crippen molar-refractivity contribution < 1.29 is 13.9 Å². The topological polar surface area (TPSA) is 29.5 Å². The Hall–Kier alpha value is -1.58. The predicted molar refractivity (Wildman–Crippen MR) is 59.0 cm³/mol. The molecule has 0 saturated carbocycles. The summed E-state index contributed by atoms with van der Waals surface area (Å²) >= 11 is 0. The van der Waals surface area contributed by atoms with E-state index in [1.54, 1.807) is 13.0 Å². The summed E-state index contributed by atoms with van der Waals surface area (Å²) in [5, 5.41) is 0. The van der Waals surface area contributed by atoms with E-state index >= 15 is 0 Å². The van der Waals surface area contributed by atoms with Crippen molar-refractivity contribution in [2.75, 3.05) is 25.1 Å². The third-order valence-electron chi connectivity index (χ3n) is 2.80. The molecule has 86 valence electrons. The first kappa shape index (κ1) is 10.9. The number of rotatable bonds is 2. The average molecular weight is 223 g/mol. The molecule has 0 amide bonds. The fourth-order valence-corrected chi connectivity index (χ4v) is 2.07. The van der Waals surface area contributed by atoms with Crippen LogP contribution in [0.4, 0.5) is 10.1 Å². The molecule has 1 aliphatic heterocycles. The molecule has 4 heteroatoms. The molecule has 1 heterocycles. The van der Waals surface area contributed by atoms with E-state index in [0.29, 0.717) is 13.2 Å². The van der Waals surface area contributed by atoms with Crippen LogP contribution in [0.1, 0.15) is 18.4 Å². The third-order valence-corrected chi connectivity index (χ3v) is 2.80. The molecule has 1 atom stereocenters. The maximum atomic E-state index is 13.1. The third kappa shape index (κ3) is 1.75. The number of hydrogen-bond acceptors (Lipinski definition) is 3. The summed E-state index contributed by atoms with van der Waals surface area (Å²) in [5.41, 5.74) is 1.63. The van der Waals surface area contributed by atoms with Crippen LogP contribution in [0.3, 0.4) is 0 Å². The van der Waals surface area contributed by atoms with Crippen molar-refractivity contribution in [2.45, 2.75) is 12.8 Å². The molecule has 0 fully saturated rings. The Kier molecular flexibility index (Phi) is 2.81. The summed E-state index contributed by atoms with van der Waals surface area (Å²) < 4.78 is 18.1. The van der Waals surface area contributed by atoms with Gasteiger partial charge in [-0.15, -0.1) is 0 Å². The predicted octanol–water partition coefficient (Wildman–Crippen LogP) is 1.92. The molecule has 0 saturated heterocycles. The SMILES string of the molecule is CCOC(=O)C1CN(C)c2ccc(F)cc21. The Morgan fingerprint density at radius 3 is 3.06 bits per heavy atom. The Balaban J connectivity index is 2.34. The second-order valence-corrected chi connectivity index (χ2v) is 3.89. The first-order valence-corrected chi connectivity index (χ1v) is 5.30. The number of benzene rings is 1. The van der Waals surface area contributed by atoms with Gasteiger partial charge in [-0.05, 0) is 30.7 Å². The van der Waals surface area contributed by atoms with Crippen molar-refractivity contribution in [3.63, 3.8) is 0 Å². The number of likely N-dealkylation sites (N-methyl/N-ethyl adjacent to an activating group) is 1. The van der Waals surface area contributed by atoms with Crippen LogP contribution in [0.5, 0.6) is 0 Å². The summed E-state index contributed by atoms with van der Waals surface area (Å²) in [4.78, 5) is 13.6. The molecule has 0 N–H and O–H groups in total. The van der Waals surface area contributed by atoms with Crippen LogP contribution in [-0.4, -0.2) is 26.2 Å². The number of carbonyl (C=O) groups excluding carboxylic acids is 1. The summed E-state index contributed by atoms with van der Waals surface area (Å²) in [6.07, 6.45) is 0. The van der Waals surface area contributed by atoms with Gasteiger partial charge in [-0.25, -0.2) is 4.39 Å². The van der Waals surface area contributed by atoms with Crippen molar-refractivity contribution in [2.24, 2.45) is 0 Å². The molecule has 0 aromatic heterocycles. The van der Waals surface area contributed by atoms with Gasteiger partial charge in [0, 0.05) is 19.3 Å². The number of ether oxygens (including phenoxy) is 1. The van der Waals surface area contributed by atoms with E-state index in [2.05, 4.69) is 0 Å². The number of esters is 1. The lowest BCUT2D eigenvalue weighted by molar-refractivity contribution is -0.144. The van der Waals surface area contributed by atoms with Crippen molar-refractivity contribution in [1.82, 2.24) is 0 Å². The fourth-order valence-electron chi connectivity index (χ4n) is 2.07. The van der Waals surface area contributed by atoms with Gasteiger partial charge in [0.1, 0.15) is 11.7 Å². The molecule has 1 unspecified atom stereocenters. The van der Waals surface area contributed by atoms with Gasteiger partial charge in [0.2, 0.25) is 0 Å². The molecule has 1 aromatic carbocycles. The summed E-state index contributed by atoms with van der Waals surface area (Å²) in [5.74, 6) is -0.960. The summed E-state index contributed by atoms with van der Waals surface area (Å²) in [6.45, 7) is 2.67. The largest absolute Gasteiger partial charge is 0.465 e. The summed E-state index contributed by atoms with van der Waals surface area (Å²) in [7, 11) is 1.88. The normalized spacial score (nSPS) is 18.4. The Bertz CT molecular complexity index is 419. The first-order chi connectivity index (χ1) is 7.63. The highest BCUT2D eigenvalue weighted by Gasteiger charge is 2.33. The lowest BCUT2D eigenvalue weighted by atomic mass is 10.0. The van der Waals surface area contributed by atoms with Gasteiger partial charge in [0.05, 0.1) is 6.61 Å². The minimum atomic E-state index is -0.365. The lowest BCUT2D eigenvalue weighted by Crippen LogP contribution is -2.22. The molecule has 16 heavy (non-hydrogen) atoms. The number of halogens is 1. The van der Waals surface area contributed by atoms with Crippen LogP contribution in [0.2, 0.25) is 0 Å². The van der Waals surface area contributed by atoms with Gasteiger partial charge in [-0.1, -0.05) is 0 Å². The van der Waals surface area contributed by atoms with Crippen molar-refractivity contribution in [3.8, 4) is 0 Å². The highest BCUT2D eigenvalue weighted by Crippen LogP contribution is 2.36. The molecule has 1 aromatic rings. The monoisotopic (exact) mass is 223 g/mol. The zero-order valence-electron chi connectivity index (χ0n) is 9.37. The van der Waals surface area contributed by atoms with Crippen molar-refractivity contribution in [3.05, 3.63) is 29.6 Å². The van der Waals surface area contributed by atoms with Crippen LogP contribution in [0.15, 0.2) is 18.2 Å². The Labute approximate surface area is 93.8 Å². The van der Waals surface area contributed by atoms with E-state index in [9.17, 15) is 9.18 Å². The number of nitrogens with zero attached hydrogens (tertiary/aromatic N) is 1. The quantitative estimate of drug-likeness (QED) is 0.717. The van der Waals surface area contributed by atoms with Crippen molar-refractivity contribution in [1.29, 1.82) is 0 Å². The number of carbonyl (C=O) groups is 1. The van der Waals surface area contributed by atoms with Gasteiger partial charge >= 0.3 is 5.97 Å². The number of hydrogen-bond donors (Lipinski definition) is 0. The van der Waals surface area contributed by atoms with Crippen LogP contribution in [-0.2, 0) is 9.53 Å². The molecule has 3 nitrogen and oxygen atoms in total. The Morgan fingerprint density at radius 1 is 1.62 bits per heavy atom. The molecular weight excluding hydrogens is 209 g/mol. The van der Waals surface area contributed by atoms with E-state index in [4.69, 9.17) is 4.74 Å². The molecule has 0 aliphatic carbocycles. The highest BCUT2D eigenvalue weighted by atomic mass is 19.1. The first-order valence-electron chi connectivity index (χ1n) is 5.30. The number of anilines is 1. The smallest absolute Gasteiger partial charge is 0.315 e. The fraction of sp³-hybridized carbons (Fsp3) is 0.417. The maximum Gasteiger partial charge on any atom is 0.315 e. The number of fused-ring (bicyclic) bond motifs is 1. The molecule has 1 aliphatic rings. The minimum Gasteiger partial charge on any atom is -0.465 e. The van der Waals surface area contributed by atoms with Gasteiger partial charge < -0.3 is 9.64 Å². The molecule has 0 spiro atoms. The van der Waals surface area contributed by atoms with E-state index in [1.807, 2.05) is 11.9 Å². The second-order valence-electron chi connectivity index (χ2n) is 3.89. The van der Waals surface area contributed by atoms with Crippen LogP contribution < -0.4 is 4.90 Å². The van der Waals surface area contributed by atoms with E-state index in [0.717, 1.165) is 11.3 Å². The maximum absolute atomic E-state index is 13.1. The molecular formula is C12H14FNO2. The Morgan fingerprint density at radius 2 is 2.38 bits per heavy atom. The van der Waals surface area contributed by atoms with Gasteiger partial charge in [-0.3, -0.25) is 4.79 Å². The van der Waals surface area contributed by atoms with Crippen molar-refractivity contribution >= 4 is 11.7 Å². The summed E-state index contributed by atoms with van der Waals surface area (Å²) in [6, 6.07) is 4.52. The zero-order valence-corrected chi connectivity index (χ0v) is 9.37. The molecule has 0 radical (unpaired) electrons.